The summed E-state index contributed by atoms with van der Waals surface area (Å²) in [5.41, 5.74) is 0. The first-order valence-electron chi connectivity index (χ1n) is 36.5. The Kier molecular flexibility index (Phi) is 33.6. The van der Waals surface area contributed by atoms with E-state index in [1.165, 1.54) is 6.92 Å². The molecular weight excluding hydrogens is 1560 g/mol. The van der Waals surface area contributed by atoms with Crippen molar-refractivity contribution in [2.45, 2.75) is 318 Å². The molecule has 0 aliphatic carbocycles. The van der Waals surface area contributed by atoms with E-state index in [0.717, 1.165) is 34.6 Å². The number of hydrogen-bond acceptors (Lipinski definition) is 45. The lowest BCUT2D eigenvalue weighted by Gasteiger charge is -2.52. The zero-order chi connectivity index (χ0) is 84.1. The molecule has 9 aliphatic rings. The molecule has 28 N–H and O–H groups in total. The van der Waals surface area contributed by atoms with Gasteiger partial charge in [0.05, 0.1) is 59.0 Å². The molecule has 0 unspecified atom stereocenters. The molecule has 9 heterocycles. The first-order valence-corrected chi connectivity index (χ1v) is 36.5. The topological polar surface area (TPSA) is 768 Å². The highest BCUT2D eigenvalue weighted by Gasteiger charge is 2.61. The molecule has 45 atom stereocenters. The molecule has 9 rings (SSSR count). The fourth-order valence-corrected chi connectivity index (χ4v) is 14.7. The van der Waals surface area contributed by atoms with Gasteiger partial charge in [-0.15, -0.1) is 0 Å². The SMILES string of the molecule is CC(=O)N[C@@H]1[C@@H](O)[C@H](O[C@@H]2O[C@H](CO)[C@@H](O[C@@H]3O[C@H](CO[C@H]4O[C@H](CO)[C@@H](O)[C@H](O)[C@@H]4O[C@@H]4O[C@H](CO)[C@@H](O)[C@H](O)[C@H]4NC(C)=O)[C@@H](O[C@@H]4O[C@H](CO)[C@@H](O)[C@H](O)[C@H]4NC(C)=O)[C@H](O[C@H]4O[C@H](CO)[C@@H](O)[C@H](O)[C@@H]4O[C@@H]4O[C@H](CO)[C@@H](O)[C@H](O)[C@H]4NC(C)=O)[C@@H]3O)[C@H](O)[C@H]2NC(C)=O)[C@@H](CO[C@H]2O[C@H](C)[C@H](O)[C@H](O)[C@H]2O)O[C@H]1O. The lowest BCUT2D eigenvalue weighted by Crippen LogP contribution is -2.71. The molecule has 0 aromatic rings. The van der Waals surface area contributed by atoms with Crippen molar-refractivity contribution in [3.63, 3.8) is 0 Å². The number of hydrogen-bond donors (Lipinski definition) is 28. The Morgan fingerprint density at radius 3 is 0.947 bits per heavy atom. The van der Waals surface area contributed by atoms with E-state index in [-0.39, 0.29) is 0 Å². The number of amides is 5. The van der Waals surface area contributed by atoms with Crippen LogP contribution < -0.4 is 26.6 Å². The van der Waals surface area contributed by atoms with Crippen LogP contribution in [0.3, 0.4) is 0 Å². The fraction of sp³-hybridized carbons (Fsp3) is 0.922. The molecule has 5 amide bonds. The first-order chi connectivity index (χ1) is 53.8. The van der Waals surface area contributed by atoms with E-state index in [1.807, 2.05) is 0 Å². The summed E-state index contributed by atoms with van der Waals surface area (Å²) in [6.07, 6.45) is -83.8. The molecule has 0 aromatic heterocycles. The van der Waals surface area contributed by atoms with Gasteiger partial charge >= 0.3 is 0 Å². The van der Waals surface area contributed by atoms with Gasteiger partial charge < -0.3 is 225 Å². The molecular formula is C64H107N5O45. The van der Waals surface area contributed by atoms with Gasteiger partial charge in [0.25, 0.3) is 0 Å². The van der Waals surface area contributed by atoms with Crippen LogP contribution in [0.4, 0.5) is 0 Å². The van der Waals surface area contributed by atoms with Gasteiger partial charge in [-0.1, -0.05) is 0 Å². The maximum atomic E-state index is 13.3. The maximum absolute atomic E-state index is 13.3. The van der Waals surface area contributed by atoms with Crippen LogP contribution in [0.1, 0.15) is 41.5 Å². The second-order valence-electron chi connectivity index (χ2n) is 28.9. The number of carbonyl (C=O) groups excluding carboxylic acids is 5. The Morgan fingerprint density at radius 1 is 0.246 bits per heavy atom. The van der Waals surface area contributed by atoms with Gasteiger partial charge in [-0.2, -0.15) is 0 Å². The summed E-state index contributed by atoms with van der Waals surface area (Å²) in [6.45, 7) is -2.88. The Morgan fingerprint density at radius 2 is 0.535 bits per heavy atom. The average Bonchev–Trinajstić information content (AvgIpc) is 0.758. The van der Waals surface area contributed by atoms with Crippen molar-refractivity contribution in [3.8, 4) is 0 Å². The maximum Gasteiger partial charge on any atom is 0.217 e. The summed E-state index contributed by atoms with van der Waals surface area (Å²) in [6, 6.07) is -9.44. The zero-order valence-electron chi connectivity index (χ0n) is 61.9. The van der Waals surface area contributed by atoms with Crippen molar-refractivity contribution in [2.24, 2.45) is 0 Å². The van der Waals surface area contributed by atoms with Gasteiger partial charge in [0, 0.05) is 34.6 Å². The van der Waals surface area contributed by atoms with E-state index in [0.29, 0.717) is 0 Å². The van der Waals surface area contributed by atoms with Crippen LogP contribution >= 0.6 is 0 Å². The molecule has 114 heavy (non-hydrogen) atoms. The summed E-state index contributed by atoms with van der Waals surface area (Å²) in [4.78, 5) is 64.1. The van der Waals surface area contributed by atoms with E-state index in [4.69, 9.17) is 80.5 Å². The van der Waals surface area contributed by atoms with Crippen LogP contribution in [0.25, 0.3) is 0 Å². The van der Waals surface area contributed by atoms with Crippen molar-refractivity contribution in [2.75, 3.05) is 52.9 Å². The molecule has 9 saturated heterocycles. The number of ether oxygens (including phenoxy) is 17. The van der Waals surface area contributed by atoms with Crippen LogP contribution in [0, 0.1) is 0 Å². The molecule has 0 spiro atoms. The average molecular weight is 1670 g/mol. The monoisotopic (exact) mass is 1670 g/mol. The Labute approximate surface area is 646 Å². The smallest absolute Gasteiger partial charge is 0.217 e. The Balaban J connectivity index is 1.16. The minimum atomic E-state index is -2.70. The molecule has 0 aromatic carbocycles. The van der Waals surface area contributed by atoms with Crippen LogP contribution in [0.2, 0.25) is 0 Å². The van der Waals surface area contributed by atoms with Gasteiger partial charge in [0.15, 0.2) is 56.6 Å². The summed E-state index contributed by atoms with van der Waals surface area (Å²) in [5, 5.41) is 270. The first kappa shape index (κ1) is 93.6. The number of nitrogens with one attached hydrogen (secondary N) is 5. The lowest BCUT2D eigenvalue weighted by molar-refractivity contribution is -0.407. The van der Waals surface area contributed by atoms with Crippen LogP contribution in [-0.2, 0) is 104 Å². The summed E-state index contributed by atoms with van der Waals surface area (Å²) >= 11 is 0. The predicted molar refractivity (Wildman–Crippen MR) is 354 cm³/mol. The molecule has 0 bridgehead atoms. The Hall–Kier alpha value is -4.25. The summed E-state index contributed by atoms with van der Waals surface area (Å²) in [7, 11) is 0. The molecule has 50 heteroatoms. The van der Waals surface area contributed by atoms with Gasteiger partial charge in [0.1, 0.15) is 213 Å². The summed E-state index contributed by atoms with van der Waals surface area (Å²) < 4.78 is 104. The van der Waals surface area contributed by atoms with Gasteiger partial charge in [0.2, 0.25) is 29.5 Å². The minimum Gasteiger partial charge on any atom is -0.394 e. The van der Waals surface area contributed by atoms with Crippen LogP contribution in [0.15, 0.2) is 0 Å². The third-order valence-electron chi connectivity index (χ3n) is 20.7. The Bertz CT molecular complexity index is 3080. The normalized spacial score (nSPS) is 48.2. The number of rotatable bonds is 29. The zero-order valence-corrected chi connectivity index (χ0v) is 61.9. The van der Waals surface area contributed by atoms with Gasteiger partial charge in [-0.3, -0.25) is 24.0 Å². The van der Waals surface area contributed by atoms with Gasteiger partial charge in [-0.25, -0.2) is 0 Å². The molecule has 0 radical (unpaired) electrons. The van der Waals surface area contributed by atoms with Gasteiger partial charge in [-0.05, 0) is 6.92 Å². The van der Waals surface area contributed by atoms with Crippen molar-refractivity contribution in [1.82, 2.24) is 26.6 Å². The van der Waals surface area contributed by atoms with Crippen molar-refractivity contribution in [3.05, 3.63) is 0 Å². The molecule has 50 nitrogen and oxygen atoms in total. The number of aliphatic hydroxyl groups excluding tert-OH is 23. The third-order valence-corrected chi connectivity index (χ3v) is 20.7. The third kappa shape index (κ3) is 21.0. The second kappa shape index (κ2) is 40.9. The molecule has 0 saturated carbocycles. The summed E-state index contributed by atoms with van der Waals surface area (Å²) in [5.74, 6) is -4.59. The second-order valence-corrected chi connectivity index (χ2v) is 28.9. The van der Waals surface area contributed by atoms with Crippen molar-refractivity contribution >= 4 is 29.5 Å². The van der Waals surface area contributed by atoms with E-state index in [2.05, 4.69) is 26.6 Å². The van der Waals surface area contributed by atoms with E-state index in [1.54, 1.807) is 0 Å². The molecule has 9 aliphatic heterocycles. The number of aliphatic hydroxyl groups is 23. The fourth-order valence-electron chi connectivity index (χ4n) is 14.7. The van der Waals surface area contributed by atoms with Crippen LogP contribution in [0.5, 0.6) is 0 Å². The molecule has 658 valence electrons. The van der Waals surface area contributed by atoms with E-state index >= 15 is 0 Å². The quantitative estimate of drug-likeness (QED) is 0.0331. The number of carbonyl (C=O) groups is 5. The van der Waals surface area contributed by atoms with Crippen molar-refractivity contribution in [1.29, 1.82) is 0 Å². The van der Waals surface area contributed by atoms with Crippen molar-refractivity contribution < 1.29 is 222 Å². The standard InChI is InChI=1S/C64H107N5O45/c1-15-34(81)45(92)48(95)61(100-15)98-13-27-51(43(90)29(56(97)101-27)65-16(2)76)109-60-33(69-20(6)80)44(91)50(26(12-75)107-60)110-62-49(96)53(112-64-55(47(94)39(86)25(11-74)106-64)114-59-32(68-19(5)79)42(89)37(84)23(9-72)104-59)52(111-57-30(66-17(3)77)40(87)35(82)21(7-70)102-57)28(108-62)14-99-63-54(46(93)38(85)24(10-73)105-63)113-58-31(67-18(4)78)41(88)36(83)22(8-71)103-58/h15,21-64,70-75,81-97H,7-14H2,1-6H3,(H,65,76)(H,66,77)(H,67,78)(H,68,79)(H,69,80)/t15-,21-,22-,23-,24-,25-,26-,27-,28-,29-,30-,31-,32-,33-,34+,35-,36-,37-,38-,39-,40-,41-,42-,43-,44-,45+,46+,47+,48-,49+,50-,51-,52-,53-,54+,55+,56-,57+,58+,59+,60+,61+,62+,63+,64-/m1/s1. The highest BCUT2D eigenvalue weighted by atomic mass is 16.8. The minimum absolute atomic E-state index is 0.845. The van der Waals surface area contributed by atoms with E-state index < -0.39 is 358 Å². The highest BCUT2D eigenvalue weighted by molar-refractivity contribution is 5.75. The largest absolute Gasteiger partial charge is 0.394 e. The lowest BCUT2D eigenvalue weighted by atomic mass is 9.93. The highest BCUT2D eigenvalue weighted by Crippen LogP contribution is 2.41. The molecule has 9 fully saturated rings. The van der Waals surface area contributed by atoms with Crippen LogP contribution in [-0.4, -0.2) is 476 Å². The predicted octanol–water partition coefficient (Wildman–Crippen LogP) is -18.9. The van der Waals surface area contributed by atoms with E-state index in [9.17, 15) is 141 Å².